The highest BCUT2D eigenvalue weighted by molar-refractivity contribution is 6.30. The van der Waals surface area contributed by atoms with Gasteiger partial charge in [0, 0.05) is 37.7 Å². The third kappa shape index (κ3) is 5.73. The van der Waals surface area contributed by atoms with Crippen molar-refractivity contribution in [2.45, 2.75) is 19.6 Å². The van der Waals surface area contributed by atoms with Gasteiger partial charge in [-0.15, -0.1) is 0 Å². The highest BCUT2D eigenvalue weighted by Crippen LogP contribution is 2.13. The minimum atomic E-state index is -0.180. The first-order valence-electron chi connectivity index (χ1n) is 8.84. The van der Waals surface area contributed by atoms with E-state index in [1.54, 1.807) is 0 Å². The molecule has 0 atom stereocenters. The molecular weight excluding hydrogens is 350 g/mol. The standard InChI is InChI=1S/C20H24ClN3O2/c21-19-7-5-16(6-8-19)13-22-20(25)23-14-17-3-1-2-4-18(17)15-24-9-11-26-12-10-24/h1-8H,9-15H2,(H2,22,23,25). The van der Waals surface area contributed by atoms with Crippen LogP contribution in [0.5, 0.6) is 0 Å². The Labute approximate surface area is 159 Å². The zero-order chi connectivity index (χ0) is 18.2. The van der Waals surface area contributed by atoms with E-state index in [1.165, 1.54) is 5.56 Å². The van der Waals surface area contributed by atoms with E-state index in [0.29, 0.717) is 18.1 Å². The Hall–Kier alpha value is -2.08. The molecule has 138 valence electrons. The van der Waals surface area contributed by atoms with Crippen LogP contribution in [0.3, 0.4) is 0 Å². The highest BCUT2D eigenvalue weighted by atomic mass is 35.5. The number of carbonyl (C=O) groups excluding carboxylic acids is 1. The van der Waals surface area contributed by atoms with Gasteiger partial charge in [0.05, 0.1) is 13.2 Å². The van der Waals surface area contributed by atoms with Crippen molar-refractivity contribution in [1.82, 2.24) is 15.5 Å². The number of amides is 2. The Morgan fingerprint density at radius 1 is 0.962 bits per heavy atom. The number of hydrogen-bond acceptors (Lipinski definition) is 3. The lowest BCUT2D eigenvalue weighted by Gasteiger charge is -2.27. The molecule has 5 nitrogen and oxygen atoms in total. The predicted octanol–water partition coefficient (Wildman–Crippen LogP) is 3.17. The molecule has 6 heteroatoms. The smallest absolute Gasteiger partial charge is 0.315 e. The van der Waals surface area contributed by atoms with Crippen LogP contribution in [-0.2, 0) is 24.4 Å². The van der Waals surface area contributed by atoms with E-state index in [0.717, 1.165) is 44.0 Å². The topological polar surface area (TPSA) is 53.6 Å². The van der Waals surface area contributed by atoms with Gasteiger partial charge in [-0.3, -0.25) is 4.90 Å². The molecule has 0 bridgehead atoms. The molecule has 26 heavy (non-hydrogen) atoms. The minimum Gasteiger partial charge on any atom is -0.379 e. The molecule has 1 aliphatic rings. The van der Waals surface area contributed by atoms with Gasteiger partial charge in [0.1, 0.15) is 0 Å². The number of hydrogen-bond donors (Lipinski definition) is 2. The summed E-state index contributed by atoms with van der Waals surface area (Å²) in [6, 6.07) is 15.5. The van der Waals surface area contributed by atoms with Gasteiger partial charge in [-0.25, -0.2) is 4.79 Å². The zero-order valence-corrected chi connectivity index (χ0v) is 15.5. The normalized spacial score (nSPS) is 14.8. The van der Waals surface area contributed by atoms with Crippen LogP contribution in [0.1, 0.15) is 16.7 Å². The molecule has 2 amide bonds. The van der Waals surface area contributed by atoms with Gasteiger partial charge in [0.15, 0.2) is 0 Å². The number of urea groups is 1. The lowest BCUT2D eigenvalue weighted by atomic mass is 10.1. The average Bonchev–Trinajstić information content (AvgIpc) is 2.68. The van der Waals surface area contributed by atoms with E-state index in [9.17, 15) is 4.79 Å². The Kier molecular flexibility index (Phi) is 6.89. The first-order chi connectivity index (χ1) is 12.7. The van der Waals surface area contributed by atoms with Crippen LogP contribution in [0.4, 0.5) is 4.79 Å². The molecule has 1 aliphatic heterocycles. The summed E-state index contributed by atoms with van der Waals surface area (Å²) in [6.07, 6.45) is 0. The number of nitrogens with one attached hydrogen (secondary N) is 2. The molecule has 0 unspecified atom stereocenters. The van der Waals surface area contributed by atoms with Crippen molar-refractivity contribution in [2.75, 3.05) is 26.3 Å². The first-order valence-corrected chi connectivity index (χ1v) is 9.21. The van der Waals surface area contributed by atoms with Crippen LogP contribution in [0.25, 0.3) is 0 Å². The molecule has 0 saturated carbocycles. The van der Waals surface area contributed by atoms with Gasteiger partial charge >= 0.3 is 6.03 Å². The Morgan fingerprint density at radius 3 is 2.35 bits per heavy atom. The van der Waals surface area contributed by atoms with Crippen LogP contribution in [0.2, 0.25) is 5.02 Å². The van der Waals surface area contributed by atoms with Crippen molar-refractivity contribution in [3.8, 4) is 0 Å². The highest BCUT2D eigenvalue weighted by Gasteiger charge is 2.13. The number of benzene rings is 2. The van der Waals surface area contributed by atoms with Crippen LogP contribution in [0.15, 0.2) is 48.5 Å². The fraction of sp³-hybridized carbons (Fsp3) is 0.350. The average molecular weight is 374 g/mol. The third-order valence-electron chi connectivity index (χ3n) is 4.42. The third-order valence-corrected chi connectivity index (χ3v) is 4.67. The Morgan fingerprint density at radius 2 is 1.62 bits per heavy atom. The zero-order valence-electron chi connectivity index (χ0n) is 14.7. The van der Waals surface area contributed by atoms with E-state index in [2.05, 4.69) is 27.7 Å². The summed E-state index contributed by atoms with van der Waals surface area (Å²) >= 11 is 5.87. The lowest BCUT2D eigenvalue weighted by molar-refractivity contribution is 0.0341. The minimum absolute atomic E-state index is 0.180. The second-order valence-electron chi connectivity index (χ2n) is 6.32. The van der Waals surface area contributed by atoms with Crippen LogP contribution < -0.4 is 10.6 Å². The predicted molar refractivity (Wildman–Crippen MR) is 103 cm³/mol. The van der Waals surface area contributed by atoms with E-state index >= 15 is 0 Å². The summed E-state index contributed by atoms with van der Waals surface area (Å²) in [5, 5.41) is 6.50. The molecule has 2 aromatic rings. The van der Waals surface area contributed by atoms with E-state index < -0.39 is 0 Å². The van der Waals surface area contributed by atoms with Gasteiger partial charge in [0.2, 0.25) is 0 Å². The van der Waals surface area contributed by atoms with Crippen molar-refractivity contribution < 1.29 is 9.53 Å². The van der Waals surface area contributed by atoms with Gasteiger partial charge in [-0.1, -0.05) is 48.0 Å². The van der Waals surface area contributed by atoms with E-state index in [1.807, 2.05) is 36.4 Å². The van der Waals surface area contributed by atoms with Crippen LogP contribution in [-0.4, -0.2) is 37.2 Å². The lowest BCUT2D eigenvalue weighted by Crippen LogP contribution is -2.37. The number of halogens is 1. The molecular formula is C20H24ClN3O2. The molecule has 2 N–H and O–H groups in total. The number of morpholine rings is 1. The second kappa shape index (κ2) is 9.57. The maximum atomic E-state index is 12.1. The molecule has 2 aromatic carbocycles. The molecule has 0 spiro atoms. The largest absolute Gasteiger partial charge is 0.379 e. The summed E-state index contributed by atoms with van der Waals surface area (Å²) < 4.78 is 5.40. The SMILES string of the molecule is O=C(NCc1ccc(Cl)cc1)NCc1ccccc1CN1CCOCC1. The summed E-state index contributed by atoms with van der Waals surface area (Å²) in [6.45, 7) is 5.33. The first kappa shape index (κ1) is 18.7. The molecule has 1 fully saturated rings. The molecule has 1 heterocycles. The maximum Gasteiger partial charge on any atom is 0.315 e. The fourth-order valence-corrected chi connectivity index (χ4v) is 3.03. The van der Waals surface area contributed by atoms with Gasteiger partial charge in [-0.2, -0.15) is 0 Å². The number of ether oxygens (including phenoxy) is 1. The summed E-state index contributed by atoms with van der Waals surface area (Å²) in [5.74, 6) is 0. The van der Waals surface area contributed by atoms with Crippen LogP contribution >= 0.6 is 11.6 Å². The monoisotopic (exact) mass is 373 g/mol. The van der Waals surface area contributed by atoms with Gasteiger partial charge < -0.3 is 15.4 Å². The number of nitrogens with zero attached hydrogens (tertiary/aromatic N) is 1. The van der Waals surface area contributed by atoms with Crippen LogP contribution in [0, 0.1) is 0 Å². The second-order valence-corrected chi connectivity index (χ2v) is 6.76. The summed E-state index contributed by atoms with van der Waals surface area (Å²) in [7, 11) is 0. The van der Waals surface area contributed by atoms with Crippen molar-refractivity contribution >= 4 is 17.6 Å². The van der Waals surface area contributed by atoms with Crippen molar-refractivity contribution in [2.24, 2.45) is 0 Å². The fourth-order valence-electron chi connectivity index (χ4n) is 2.91. The maximum absolute atomic E-state index is 12.1. The number of rotatable bonds is 6. The Balaban J connectivity index is 1.49. The Bertz CT molecular complexity index is 715. The molecule has 1 saturated heterocycles. The van der Waals surface area contributed by atoms with Gasteiger partial charge in [0.25, 0.3) is 0 Å². The van der Waals surface area contributed by atoms with Crippen molar-refractivity contribution in [3.05, 3.63) is 70.2 Å². The summed E-state index contributed by atoms with van der Waals surface area (Å²) in [5.41, 5.74) is 3.39. The van der Waals surface area contributed by atoms with Crippen molar-refractivity contribution in [3.63, 3.8) is 0 Å². The molecule has 0 aromatic heterocycles. The molecule has 0 radical (unpaired) electrons. The van der Waals surface area contributed by atoms with Crippen molar-refractivity contribution in [1.29, 1.82) is 0 Å². The molecule has 0 aliphatic carbocycles. The van der Waals surface area contributed by atoms with E-state index in [4.69, 9.17) is 16.3 Å². The quantitative estimate of drug-likeness (QED) is 0.817. The van der Waals surface area contributed by atoms with Gasteiger partial charge in [-0.05, 0) is 28.8 Å². The molecule has 3 rings (SSSR count). The van der Waals surface area contributed by atoms with E-state index in [-0.39, 0.29) is 6.03 Å². The summed E-state index contributed by atoms with van der Waals surface area (Å²) in [4.78, 5) is 14.5. The number of carbonyl (C=O) groups is 1.